The predicted octanol–water partition coefficient (Wildman–Crippen LogP) is 0.101. The van der Waals surface area contributed by atoms with Crippen LogP contribution in [0.25, 0.3) is 0 Å². The number of amides is 2. The van der Waals surface area contributed by atoms with Crippen LogP contribution in [0.3, 0.4) is 0 Å². The first kappa shape index (κ1) is 14.0. The Morgan fingerprint density at radius 2 is 2.00 bits per heavy atom. The van der Waals surface area contributed by atoms with Gasteiger partial charge < -0.3 is 19.7 Å². The van der Waals surface area contributed by atoms with Gasteiger partial charge in [-0.15, -0.1) is 0 Å². The van der Waals surface area contributed by atoms with Crippen molar-refractivity contribution in [1.29, 1.82) is 0 Å². The minimum absolute atomic E-state index is 0.0715. The Morgan fingerprint density at radius 1 is 1.19 bits per heavy atom. The molecule has 2 fully saturated rings. The lowest BCUT2D eigenvalue weighted by molar-refractivity contribution is -0.150. The lowest BCUT2D eigenvalue weighted by Gasteiger charge is -2.35. The minimum atomic E-state index is -0.614. The molecule has 6 heteroatoms. The molecular formula is C15H18N2O4. The quantitative estimate of drug-likeness (QED) is 0.857. The fourth-order valence-corrected chi connectivity index (χ4v) is 2.62. The molecule has 2 heterocycles. The van der Waals surface area contributed by atoms with Crippen molar-refractivity contribution in [2.45, 2.75) is 12.1 Å². The van der Waals surface area contributed by atoms with Gasteiger partial charge in [-0.1, -0.05) is 30.3 Å². The normalized spacial score (nSPS) is 26.6. The van der Waals surface area contributed by atoms with Gasteiger partial charge in [0.15, 0.2) is 0 Å². The Bertz CT molecular complexity index is 514. The topological polar surface area (TPSA) is 67.9 Å². The second-order valence-electron chi connectivity index (χ2n) is 5.20. The number of nitrogens with zero attached hydrogens (tertiary/aromatic N) is 1. The van der Waals surface area contributed by atoms with E-state index in [9.17, 15) is 9.59 Å². The predicted molar refractivity (Wildman–Crippen MR) is 74.5 cm³/mol. The van der Waals surface area contributed by atoms with E-state index in [2.05, 4.69) is 5.32 Å². The standard InChI is InChI=1S/C15H18N2O4/c18-13-9-17(8-12-10-20-6-7-21-12)15(19)14(16-13)11-4-2-1-3-5-11/h1-5,12,14H,6-10H2,(H,16,18). The zero-order valence-electron chi connectivity index (χ0n) is 11.7. The second-order valence-corrected chi connectivity index (χ2v) is 5.20. The fourth-order valence-electron chi connectivity index (χ4n) is 2.62. The summed E-state index contributed by atoms with van der Waals surface area (Å²) < 4.78 is 10.9. The molecular weight excluding hydrogens is 272 g/mol. The van der Waals surface area contributed by atoms with Gasteiger partial charge in [0.1, 0.15) is 6.04 Å². The lowest BCUT2D eigenvalue weighted by atomic mass is 10.0. The van der Waals surface area contributed by atoms with E-state index in [1.807, 2.05) is 30.3 Å². The molecule has 0 saturated carbocycles. The second kappa shape index (κ2) is 6.24. The smallest absolute Gasteiger partial charge is 0.250 e. The summed E-state index contributed by atoms with van der Waals surface area (Å²) in [7, 11) is 0. The van der Waals surface area contributed by atoms with E-state index < -0.39 is 6.04 Å². The number of carbonyl (C=O) groups excluding carboxylic acids is 2. The molecule has 1 aromatic rings. The van der Waals surface area contributed by atoms with Crippen molar-refractivity contribution in [3.63, 3.8) is 0 Å². The van der Waals surface area contributed by atoms with E-state index >= 15 is 0 Å². The third-order valence-electron chi connectivity index (χ3n) is 3.64. The molecule has 0 aromatic heterocycles. The molecule has 2 atom stereocenters. The monoisotopic (exact) mass is 290 g/mol. The van der Waals surface area contributed by atoms with E-state index in [1.165, 1.54) is 0 Å². The molecule has 112 valence electrons. The number of nitrogens with one attached hydrogen (secondary N) is 1. The molecule has 1 aromatic carbocycles. The summed E-state index contributed by atoms with van der Waals surface area (Å²) in [4.78, 5) is 26.0. The van der Waals surface area contributed by atoms with E-state index in [-0.39, 0.29) is 24.5 Å². The van der Waals surface area contributed by atoms with Crippen LogP contribution in [0.2, 0.25) is 0 Å². The summed E-state index contributed by atoms with van der Waals surface area (Å²) in [6.07, 6.45) is -0.162. The first-order valence-electron chi connectivity index (χ1n) is 7.06. The van der Waals surface area contributed by atoms with Crippen molar-refractivity contribution in [3.8, 4) is 0 Å². The summed E-state index contributed by atoms with van der Waals surface area (Å²) in [5.41, 5.74) is 0.793. The van der Waals surface area contributed by atoms with Gasteiger partial charge >= 0.3 is 0 Å². The van der Waals surface area contributed by atoms with Gasteiger partial charge in [0, 0.05) is 6.54 Å². The van der Waals surface area contributed by atoms with Crippen LogP contribution in [0.4, 0.5) is 0 Å². The number of rotatable bonds is 3. The van der Waals surface area contributed by atoms with Gasteiger partial charge in [0.2, 0.25) is 11.8 Å². The van der Waals surface area contributed by atoms with Crippen molar-refractivity contribution in [1.82, 2.24) is 10.2 Å². The molecule has 0 spiro atoms. The summed E-state index contributed by atoms with van der Waals surface area (Å²) in [5, 5.41) is 2.75. The Hall–Kier alpha value is -1.92. The highest BCUT2D eigenvalue weighted by molar-refractivity contribution is 5.95. The summed E-state index contributed by atoms with van der Waals surface area (Å²) in [6, 6.07) is 8.65. The highest BCUT2D eigenvalue weighted by Crippen LogP contribution is 2.19. The maximum Gasteiger partial charge on any atom is 0.250 e. The molecule has 0 bridgehead atoms. The van der Waals surface area contributed by atoms with Crippen LogP contribution in [-0.4, -0.2) is 55.7 Å². The summed E-state index contributed by atoms with van der Waals surface area (Å²) >= 11 is 0. The first-order chi connectivity index (χ1) is 10.2. The average Bonchev–Trinajstić information content (AvgIpc) is 2.52. The van der Waals surface area contributed by atoms with Crippen LogP contribution in [0, 0.1) is 0 Å². The molecule has 2 amide bonds. The van der Waals surface area contributed by atoms with E-state index in [0.29, 0.717) is 26.4 Å². The number of hydrogen-bond acceptors (Lipinski definition) is 4. The molecule has 2 unspecified atom stereocenters. The Morgan fingerprint density at radius 3 is 2.71 bits per heavy atom. The maximum atomic E-state index is 12.6. The largest absolute Gasteiger partial charge is 0.376 e. The van der Waals surface area contributed by atoms with Crippen LogP contribution in [-0.2, 0) is 19.1 Å². The third-order valence-corrected chi connectivity index (χ3v) is 3.64. The molecule has 21 heavy (non-hydrogen) atoms. The molecule has 0 radical (unpaired) electrons. The summed E-state index contributed by atoms with van der Waals surface area (Å²) in [5.74, 6) is -0.254. The number of benzene rings is 1. The zero-order valence-corrected chi connectivity index (χ0v) is 11.7. The van der Waals surface area contributed by atoms with Crippen LogP contribution >= 0.6 is 0 Å². The van der Waals surface area contributed by atoms with Gasteiger partial charge in [-0.25, -0.2) is 0 Å². The van der Waals surface area contributed by atoms with Crippen molar-refractivity contribution < 1.29 is 19.1 Å². The van der Waals surface area contributed by atoms with Gasteiger partial charge in [-0.2, -0.15) is 0 Å². The van der Waals surface area contributed by atoms with Crippen LogP contribution < -0.4 is 5.32 Å². The van der Waals surface area contributed by atoms with Crippen molar-refractivity contribution in [2.75, 3.05) is 32.9 Å². The minimum Gasteiger partial charge on any atom is -0.376 e. The van der Waals surface area contributed by atoms with Crippen molar-refractivity contribution >= 4 is 11.8 Å². The SMILES string of the molecule is O=C1CN(CC2COCCO2)C(=O)C(c2ccccc2)N1. The van der Waals surface area contributed by atoms with Gasteiger partial charge in [0.05, 0.1) is 32.5 Å². The lowest BCUT2D eigenvalue weighted by Crippen LogP contribution is -2.56. The highest BCUT2D eigenvalue weighted by Gasteiger charge is 2.35. The average molecular weight is 290 g/mol. The third kappa shape index (κ3) is 3.22. The number of piperazine rings is 1. The Labute approximate surface area is 123 Å². The van der Waals surface area contributed by atoms with E-state index in [4.69, 9.17) is 9.47 Å². The summed E-state index contributed by atoms with van der Waals surface area (Å²) in [6.45, 7) is 2.03. The van der Waals surface area contributed by atoms with Crippen LogP contribution in [0.5, 0.6) is 0 Å². The molecule has 2 saturated heterocycles. The molecule has 2 aliphatic heterocycles. The van der Waals surface area contributed by atoms with Gasteiger partial charge in [-0.05, 0) is 5.56 Å². The van der Waals surface area contributed by atoms with Gasteiger partial charge in [-0.3, -0.25) is 9.59 Å². The number of carbonyl (C=O) groups is 2. The highest BCUT2D eigenvalue weighted by atomic mass is 16.6. The molecule has 1 N–H and O–H groups in total. The van der Waals surface area contributed by atoms with Crippen molar-refractivity contribution in [3.05, 3.63) is 35.9 Å². The molecule has 2 aliphatic rings. The fraction of sp³-hybridized carbons (Fsp3) is 0.467. The molecule has 6 nitrogen and oxygen atoms in total. The van der Waals surface area contributed by atoms with E-state index in [1.54, 1.807) is 4.90 Å². The first-order valence-corrected chi connectivity index (χ1v) is 7.06. The maximum absolute atomic E-state index is 12.6. The number of hydrogen-bond donors (Lipinski definition) is 1. The Balaban J connectivity index is 1.72. The molecule has 3 rings (SSSR count). The van der Waals surface area contributed by atoms with Crippen LogP contribution in [0.15, 0.2) is 30.3 Å². The van der Waals surface area contributed by atoms with Crippen molar-refractivity contribution in [2.24, 2.45) is 0 Å². The van der Waals surface area contributed by atoms with Gasteiger partial charge in [0.25, 0.3) is 0 Å². The number of ether oxygens (including phenoxy) is 2. The molecule has 0 aliphatic carbocycles. The van der Waals surface area contributed by atoms with Crippen LogP contribution in [0.1, 0.15) is 11.6 Å². The van der Waals surface area contributed by atoms with E-state index in [0.717, 1.165) is 5.56 Å². The zero-order chi connectivity index (χ0) is 14.7. The Kier molecular flexibility index (Phi) is 4.17.